The Balaban J connectivity index is 2.30. The van der Waals surface area contributed by atoms with Crippen LogP contribution < -0.4 is 10.6 Å². The van der Waals surface area contributed by atoms with Gasteiger partial charge in [-0.25, -0.2) is 0 Å². The topological polar surface area (TPSA) is 72.4 Å². The second kappa shape index (κ2) is 5.12. The van der Waals surface area contributed by atoms with Crippen LogP contribution in [0.5, 0.6) is 0 Å². The molecule has 1 saturated heterocycles. The lowest BCUT2D eigenvalue weighted by Crippen LogP contribution is -2.23. The Morgan fingerprint density at radius 1 is 1.61 bits per heavy atom. The van der Waals surface area contributed by atoms with Gasteiger partial charge in [-0.1, -0.05) is 11.6 Å². The normalized spacial score (nSPS) is 19.3. The average molecular weight is 270 g/mol. The Morgan fingerprint density at radius 2 is 2.33 bits per heavy atom. The molecule has 2 rings (SSSR count). The number of nitrogens with two attached hydrogens (primary N) is 1. The van der Waals surface area contributed by atoms with E-state index >= 15 is 0 Å². The van der Waals surface area contributed by atoms with Crippen LogP contribution in [-0.2, 0) is 0 Å². The maximum Gasteiger partial charge on any atom is 0.288 e. The Kier molecular flexibility index (Phi) is 3.73. The first kappa shape index (κ1) is 13.1. The molecule has 5 nitrogen and oxygen atoms in total. The highest BCUT2D eigenvalue weighted by Gasteiger charge is 2.24. The lowest BCUT2D eigenvalue weighted by atomic mass is 10.1. The summed E-state index contributed by atoms with van der Waals surface area (Å²) in [4.78, 5) is 12.5. The van der Waals surface area contributed by atoms with Crippen molar-refractivity contribution in [3.8, 4) is 0 Å². The van der Waals surface area contributed by atoms with Crippen molar-refractivity contribution >= 4 is 23.0 Å². The lowest BCUT2D eigenvalue weighted by molar-refractivity contribution is -0.384. The molecular weight excluding hydrogens is 254 g/mol. The van der Waals surface area contributed by atoms with E-state index in [1.54, 1.807) is 6.07 Å². The average Bonchev–Trinajstić information content (AvgIpc) is 2.79. The van der Waals surface area contributed by atoms with Gasteiger partial charge in [0, 0.05) is 24.8 Å². The summed E-state index contributed by atoms with van der Waals surface area (Å²) in [5, 5.41) is 11.0. The summed E-state index contributed by atoms with van der Waals surface area (Å²) in [5.41, 5.74) is 7.48. The van der Waals surface area contributed by atoms with Gasteiger partial charge < -0.3 is 10.6 Å². The van der Waals surface area contributed by atoms with Crippen molar-refractivity contribution in [1.29, 1.82) is 0 Å². The van der Waals surface area contributed by atoms with Gasteiger partial charge in [-0.05, 0) is 37.4 Å². The minimum Gasteiger partial charge on any atom is -0.371 e. The highest BCUT2D eigenvalue weighted by atomic mass is 35.5. The number of aryl methyl sites for hydroxylation is 1. The Morgan fingerprint density at radius 3 is 2.89 bits per heavy atom. The van der Waals surface area contributed by atoms with Crippen molar-refractivity contribution in [2.24, 2.45) is 11.7 Å². The number of hydrogen-bond acceptors (Lipinski definition) is 4. The van der Waals surface area contributed by atoms with Gasteiger partial charge in [0.2, 0.25) is 0 Å². The molecule has 98 valence electrons. The Hall–Kier alpha value is -1.33. The third-order valence-electron chi connectivity index (χ3n) is 3.42. The van der Waals surface area contributed by atoms with Crippen LogP contribution in [0.4, 0.5) is 11.4 Å². The zero-order valence-electron chi connectivity index (χ0n) is 10.2. The van der Waals surface area contributed by atoms with Crippen molar-refractivity contribution in [2.75, 3.05) is 24.5 Å². The highest BCUT2D eigenvalue weighted by molar-refractivity contribution is 6.33. The minimum atomic E-state index is -0.453. The first-order valence-electron chi connectivity index (χ1n) is 5.92. The van der Waals surface area contributed by atoms with Crippen LogP contribution >= 0.6 is 11.6 Å². The predicted octanol–water partition coefficient (Wildman–Crippen LogP) is 2.34. The van der Waals surface area contributed by atoms with E-state index in [4.69, 9.17) is 17.3 Å². The Labute approximate surface area is 111 Å². The second-order valence-electron chi connectivity index (χ2n) is 4.68. The third kappa shape index (κ3) is 2.42. The van der Waals surface area contributed by atoms with Gasteiger partial charge in [-0.3, -0.25) is 10.1 Å². The molecule has 6 heteroatoms. The molecule has 18 heavy (non-hydrogen) atoms. The maximum absolute atomic E-state index is 10.8. The highest BCUT2D eigenvalue weighted by Crippen LogP contribution is 2.34. The van der Waals surface area contributed by atoms with Gasteiger partial charge in [-0.15, -0.1) is 0 Å². The van der Waals surface area contributed by atoms with Crippen molar-refractivity contribution in [3.05, 3.63) is 32.8 Å². The van der Waals surface area contributed by atoms with Crippen LogP contribution in [0.15, 0.2) is 12.1 Å². The zero-order chi connectivity index (χ0) is 13.3. The summed E-state index contributed by atoms with van der Waals surface area (Å²) in [6.07, 6.45) is 1.06. The third-order valence-corrected chi connectivity index (χ3v) is 3.72. The van der Waals surface area contributed by atoms with Gasteiger partial charge in [-0.2, -0.15) is 0 Å². The van der Waals surface area contributed by atoms with E-state index in [1.165, 1.54) is 6.07 Å². The molecule has 0 aromatic heterocycles. The van der Waals surface area contributed by atoms with Crippen molar-refractivity contribution < 1.29 is 4.92 Å². The number of rotatable bonds is 3. The molecule has 1 heterocycles. The fraction of sp³-hybridized carbons (Fsp3) is 0.500. The molecule has 0 spiro atoms. The van der Waals surface area contributed by atoms with Gasteiger partial charge in [0.15, 0.2) is 0 Å². The van der Waals surface area contributed by atoms with Crippen LogP contribution in [0.2, 0.25) is 5.02 Å². The summed E-state index contributed by atoms with van der Waals surface area (Å²) < 4.78 is 0. The van der Waals surface area contributed by atoms with Crippen LogP contribution in [0, 0.1) is 23.0 Å². The molecule has 0 radical (unpaired) electrons. The molecule has 0 aliphatic carbocycles. The van der Waals surface area contributed by atoms with Gasteiger partial charge in [0.05, 0.1) is 4.92 Å². The van der Waals surface area contributed by atoms with E-state index in [0.29, 0.717) is 12.5 Å². The van der Waals surface area contributed by atoms with Crippen LogP contribution in [-0.4, -0.2) is 24.6 Å². The summed E-state index contributed by atoms with van der Waals surface area (Å²) in [6.45, 7) is 4.37. The number of hydrogen-bond donors (Lipinski definition) is 1. The largest absolute Gasteiger partial charge is 0.371 e. The summed E-state index contributed by atoms with van der Waals surface area (Å²) in [6, 6.07) is 3.22. The van der Waals surface area contributed by atoms with E-state index in [-0.39, 0.29) is 10.7 Å². The molecule has 1 aliphatic rings. The second-order valence-corrected chi connectivity index (χ2v) is 5.09. The van der Waals surface area contributed by atoms with E-state index < -0.39 is 4.92 Å². The van der Waals surface area contributed by atoms with Crippen molar-refractivity contribution in [2.45, 2.75) is 13.3 Å². The number of benzene rings is 1. The van der Waals surface area contributed by atoms with Crippen LogP contribution in [0.1, 0.15) is 12.0 Å². The number of halogens is 1. The van der Waals surface area contributed by atoms with Crippen molar-refractivity contribution in [3.63, 3.8) is 0 Å². The van der Waals surface area contributed by atoms with Gasteiger partial charge >= 0.3 is 0 Å². The molecule has 0 amide bonds. The number of nitrogens with zero attached hydrogens (tertiary/aromatic N) is 2. The SMILES string of the molecule is Cc1cc([N+](=O)[O-])c(Cl)cc1N1CCC(CN)C1. The fourth-order valence-electron chi connectivity index (χ4n) is 2.38. The van der Waals surface area contributed by atoms with E-state index in [2.05, 4.69) is 4.90 Å². The molecule has 1 unspecified atom stereocenters. The number of nitro groups is 1. The minimum absolute atomic E-state index is 0.0347. The maximum atomic E-state index is 10.8. The summed E-state index contributed by atoms with van der Waals surface area (Å²) in [5.74, 6) is 0.498. The van der Waals surface area contributed by atoms with E-state index in [0.717, 1.165) is 30.8 Å². The summed E-state index contributed by atoms with van der Waals surface area (Å²) in [7, 11) is 0. The molecule has 1 fully saturated rings. The van der Waals surface area contributed by atoms with E-state index in [9.17, 15) is 10.1 Å². The monoisotopic (exact) mass is 269 g/mol. The van der Waals surface area contributed by atoms with Crippen LogP contribution in [0.25, 0.3) is 0 Å². The molecule has 0 saturated carbocycles. The molecular formula is C12H16ClN3O2. The predicted molar refractivity (Wildman–Crippen MR) is 72.2 cm³/mol. The van der Waals surface area contributed by atoms with Crippen molar-refractivity contribution in [1.82, 2.24) is 0 Å². The molecule has 2 N–H and O–H groups in total. The molecule has 0 bridgehead atoms. The van der Waals surface area contributed by atoms with Gasteiger partial charge in [0.25, 0.3) is 5.69 Å². The number of anilines is 1. The zero-order valence-corrected chi connectivity index (χ0v) is 11.0. The molecule has 1 aliphatic heterocycles. The fourth-order valence-corrected chi connectivity index (χ4v) is 2.61. The lowest BCUT2D eigenvalue weighted by Gasteiger charge is -2.21. The first-order valence-corrected chi connectivity index (χ1v) is 6.30. The molecule has 1 atom stereocenters. The Bertz CT molecular complexity index is 479. The molecule has 1 aromatic rings. The van der Waals surface area contributed by atoms with Gasteiger partial charge in [0.1, 0.15) is 5.02 Å². The van der Waals surface area contributed by atoms with Crippen LogP contribution in [0.3, 0.4) is 0 Å². The number of nitro benzene ring substituents is 1. The molecule has 1 aromatic carbocycles. The summed E-state index contributed by atoms with van der Waals surface area (Å²) >= 11 is 5.95. The quantitative estimate of drug-likeness (QED) is 0.675. The smallest absolute Gasteiger partial charge is 0.288 e. The van der Waals surface area contributed by atoms with E-state index in [1.807, 2.05) is 6.92 Å². The first-order chi connectivity index (χ1) is 8.52. The standard InChI is InChI=1S/C12H16ClN3O2/c1-8-4-12(16(17)18)10(13)5-11(8)15-3-2-9(6-14)7-15/h4-5,9H,2-3,6-7,14H2,1H3.